The summed E-state index contributed by atoms with van der Waals surface area (Å²) in [5.74, 6) is 0.323. The van der Waals surface area contributed by atoms with E-state index in [4.69, 9.17) is 0 Å². The SMILES string of the molecule is Cl.Cl.O=C(CC1CCCN1)N1CCCN(c2ccccc2)CC1. The van der Waals surface area contributed by atoms with E-state index in [-0.39, 0.29) is 24.8 Å². The number of rotatable bonds is 3. The van der Waals surface area contributed by atoms with Gasteiger partial charge in [0.2, 0.25) is 5.91 Å². The van der Waals surface area contributed by atoms with Crippen LogP contribution < -0.4 is 10.2 Å². The lowest BCUT2D eigenvalue weighted by Gasteiger charge is -2.24. The Kier molecular flexibility index (Phi) is 8.74. The molecule has 2 heterocycles. The van der Waals surface area contributed by atoms with E-state index in [0.29, 0.717) is 18.4 Å². The van der Waals surface area contributed by atoms with E-state index in [1.54, 1.807) is 0 Å². The number of para-hydroxylation sites is 1. The Labute approximate surface area is 151 Å². The van der Waals surface area contributed by atoms with Crippen LogP contribution in [0.1, 0.15) is 25.7 Å². The van der Waals surface area contributed by atoms with Crippen molar-refractivity contribution < 1.29 is 4.79 Å². The van der Waals surface area contributed by atoms with E-state index < -0.39 is 0 Å². The Bertz CT molecular complexity index is 466. The van der Waals surface area contributed by atoms with Crippen LogP contribution in [0.15, 0.2) is 30.3 Å². The topological polar surface area (TPSA) is 35.6 Å². The molecule has 1 aromatic rings. The lowest BCUT2D eigenvalue weighted by molar-refractivity contribution is -0.131. The molecule has 6 heteroatoms. The Balaban J connectivity index is 0.00000132. The molecule has 0 saturated carbocycles. The normalized spacial score (nSPS) is 21.1. The Morgan fingerprint density at radius 2 is 1.83 bits per heavy atom. The predicted octanol–water partition coefficient (Wildman–Crippen LogP) is 2.71. The standard InChI is InChI=1S/C17H25N3O.2ClH/c21-17(14-15-6-4-9-18-15)20-11-5-10-19(12-13-20)16-7-2-1-3-8-16;;/h1-3,7-8,15,18H,4-6,9-14H2;2*1H. The lowest BCUT2D eigenvalue weighted by Crippen LogP contribution is -2.38. The summed E-state index contributed by atoms with van der Waals surface area (Å²) in [7, 11) is 0. The number of amides is 1. The van der Waals surface area contributed by atoms with Gasteiger partial charge in [-0.25, -0.2) is 0 Å². The van der Waals surface area contributed by atoms with E-state index in [1.165, 1.54) is 12.1 Å². The Hall–Kier alpha value is -0.970. The van der Waals surface area contributed by atoms with Gasteiger partial charge in [0.15, 0.2) is 0 Å². The van der Waals surface area contributed by atoms with Crippen LogP contribution in [0.25, 0.3) is 0 Å². The number of nitrogens with one attached hydrogen (secondary N) is 1. The largest absolute Gasteiger partial charge is 0.370 e. The molecule has 1 unspecified atom stereocenters. The fourth-order valence-electron chi connectivity index (χ4n) is 3.33. The Morgan fingerprint density at radius 1 is 1.04 bits per heavy atom. The monoisotopic (exact) mass is 359 g/mol. The van der Waals surface area contributed by atoms with Crippen molar-refractivity contribution in [2.24, 2.45) is 0 Å². The zero-order valence-corrected chi connectivity index (χ0v) is 15.1. The second-order valence-electron chi connectivity index (χ2n) is 6.05. The smallest absolute Gasteiger partial charge is 0.224 e. The molecule has 130 valence electrons. The van der Waals surface area contributed by atoms with Crippen molar-refractivity contribution in [1.29, 1.82) is 0 Å². The molecule has 2 aliphatic rings. The molecular formula is C17H27Cl2N3O. The van der Waals surface area contributed by atoms with Gasteiger partial charge in [-0.2, -0.15) is 0 Å². The third-order valence-corrected chi connectivity index (χ3v) is 4.55. The van der Waals surface area contributed by atoms with Gasteiger partial charge in [-0.1, -0.05) is 18.2 Å². The molecular weight excluding hydrogens is 333 g/mol. The number of carbonyl (C=O) groups excluding carboxylic acids is 1. The summed E-state index contributed by atoms with van der Waals surface area (Å²) in [6, 6.07) is 10.9. The zero-order chi connectivity index (χ0) is 14.5. The van der Waals surface area contributed by atoms with Gasteiger partial charge < -0.3 is 15.1 Å². The minimum Gasteiger partial charge on any atom is -0.370 e. The van der Waals surface area contributed by atoms with Crippen LogP contribution in [-0.4, -0.2) is 49.6 Å². The minimum atomic E-state index is 0. The Morgan fingerprint density at radius 3 is 2.52 bits per heavy atom. The summed E-state index contributed by atoms with van der Waals surface area (Å²) >= 11 is 0. The molecule has 1 amide bonds. The summed E-state index contributed by atoms with van der Waals surface area (Å²) in [5, 5.41) is 3.42. The van der Waals surface area contributed by atoms with Gasteiger partial charge in [-0.3, -0.25) is 4.79 Å². The van der Waals surface area contributed by atoms with E-state index in [2.05, 4.69) is 39.4 Å². The number of benzene rings is 1. The predicted molar refractivity (Wildman–Crippen MR) is 100.0 cm³/mol. The van der Waals surface area contributed by atoms with Crippen LogP contribution in [-0.2, 0) is 4.79 Å². The van der Waals surface area contributed by atoms with E-state index >= 15 is 0 Å². The van der Waals surface area contributed by atoms with Crippen molar-refractivity contribution in [3.63, 3.8) is 0 Å². The van der Waals surface area contributed by atoms with Crippen LogP contribution >= 0.6 is 24.8 Å². The molecule has 2 fully saturated rings. The highest BCUT2D eigenvalue weighted by Gasteiger charge is 2.23. The minimum absolute atomic E-state index is 0. The highest BCUT2D eigenvalue weighted by Crippen LogP contribution is 2.17. The third kappa shape index (κ3) is 5.55. The van der Waals surface area contributed by atoms with Crippen LogP contribution in [0, 0.1) is 0 Å². The highest BCUT2D eigenvalue weighted by molar-refractivity contribution is 5.85. The molecule has 1 N–H and O–H groups in total. The second-order valence-corrected chi connectivity index (χ2v) is 6.05. The first-order valence-corrected chi connectivity index (χ1v) is 8.14. The van der Waals surface area contributed by atoms with Gasteiger partial charge in [0, 0.05) is 44.3 Å². The van der Waals surface area contributed by atoms with Gasteiger partial charge in [0.05, 0.1) is 0 Å². The molecule has 4 nitrogen and oxygen atoms in total. The molecule has 3 rings (SSSR count). The van der Waals surface area contributed by atoms with Gasteiger partial charge in [0.25, 0.3) is 0 Å². The van der Waals surface area contributed by atoms with Gasteiger partial charge in [-0.15, -0.1) is 24.8 Å². The first-order chi connectivity index (χ1) is 10.3. The highest BCUT2D eigenvalue weighted by atomic mass is 35.5. The summed E-state index contributed by atoms with van der Waals surface area (Å²) in [5.41, 5.74) is 1.27. The van der Waals surface area contributed by atoms with Gasteiger partial charge in [0.1, 0.15) is 0 Å². The van der Waals surface area contributed by atoms with Crippen molar-refractivity contribution in [2.75, 3.05) is 37.6 Å². The van der Waals surface area contributed by atoms with Crippen LogP contribution in [0.3, 0.4) is 0 Å². The maximum absolute atomic E-state index is 12.4. The number of anilines is 1. The number of hydrogen-bond acceptors (Lipinski definition) is 3. The average molecular weight is 360 g/mol. The van der Waals surface area contributed by atoms with Crippen molar-refractivity contribution in [1.82, 2.24) is 10.2 Å². The van der Waals surface area contributed by atoms with Crippen molar-refractivity contribution in [2.45, 2.75) is 31.7 Å². The molecule has 0 bridgehead atoms. The van der Waals surface area contributed by atoms with Crippen molar-refractivity contribution >= 4 is 36.4 Å². The molecule has 0 aliphatic carbocycles. The summed E-state index contributed by atoms with van der Waals surface area (Å²) in [4.78, 5) is 16.9. The van der Waals surface area contributed by atoms with Gasteiger partial charge in [-0.05, 0) is 37.9 Å². The van der Waals surface area contributed by atoms with E-state index in [0.717, 1.165) is 45.6 Å². The van der Waals surface area contributed by atoms with Crippen LogP contribution in [0.4, 0.5) is 5.69 Å². The third-order valence-electron chi connectivity index (χ3n) is 4.55. The van der Waals surface area contributed by atoms with Crippen molar-refractivity contribution in [3.05, 3.63) is 30.3 Å². The first kappa shape index (κ1) is 20.1. The number of carbonyl (C=O) groups is 1. The maximum atomic E-state index is 12.4. The van der Waals surface area contributed by atoms with Crippen molar-refractivity contribution in [3.8, 4) is 0 Å². The lowest BCUT2D eigenvalue weighted by atomic mass is 10.1. The molecule has 23 heavy (non-hydrogen) atoms. The summed E-state index contributed by atoms with van der Waals surface area (Å²) in [6.45, 7) is 4.79. The summed E-state index contributed by atoms with van der Waals surface area (Å²) in [6.07, 6.45) is 4.08. The number of halogens is 2. The van der Waals surface area contributed by atoms with E-state index in [9.17, 15) is 4.79 Å². The second kappa shape index (κ2) is 10.0. The molecule has 1 aromatic carbocycles. The fraction of sp³-hybridized carbons (Fsp3) is 0.588. The molecule has 0 aromatic heterocycles. The first-order valence-electron chi connectivity index (χ1n) is 8.14. The molecule has 2 saturated heterocycles. The fourth-order valence-corrected chi connectivity index (χ4v) is 3.33. The molecule has 0 radical (unpaired) electrons. The number of nitrogens with zero attached hydrogens (tertiary/aromatic N) is 2. The molecule has 0 spiro atoms. The summed E-state index contributed by atoms with van der Waals surface area (Å²) < 4.78 is 0. The number of hydrogen-bond donors (Lipinski definition) is 1. The van der Waals surface area contributed by atoms with Gasteiger partial charge >= 0.3 is 0 Å². The van der Waals surface area contributed by atoms with Crippen LogP contribution in [0.5, 0.6) is 0 Å². The van der Waals surface area contributed by atoms with Crippen LogP contribution in [0.2, 0.25) is 0 Å². The quantitative estimate of drug-likeness (QED) is 0.900. The average Bonchev–Trinajstić information content (AvgIpc) is 2.89. The zero-order valence-electron chi connectivity index (χ0n) is 13.4. The molecule has 1 atom stereocenters. The van der Waals surface area contributed by atoms with E-state index in [1.807, 2.05) is 6.07 Å². The maximum Gasteiger partial charge on any atom is 0.224 e. The molecule has 2 aliphatic heterocycles.